The summed E-state index contributed by atoms with van der Waals surface area (Å²) < 4.78 is 18.0. The van der Waals surface area contributed by atoms with Crippen LogP contribution in [0.2, 0.25) is 5.02 Å². The van der Waals surface area contributed by atoms with E-state index in [2.05, 4.69) is 37.4 Å². The van der Waals surface area contributed by atoms with Gasteiger partial charge in [0.2, 0.25) is 0 Å². The molecule has 0 aliphatic carbocycles. The Morgan fingerprint density at radius 2 is 1.69 bits per heavy atom. The number of aryl methyl sites for hydroxylation is 2. The number of fused-ring (bicyclic) bond motifs is 3. The number of nitrogens with zero attached hydrogens (tertiary/aromatic N) is 2. The van der Waals surface area contributed by atoms with Crippen LogP contribution in [-0.2, 0) is 0 Å². The number of benzene rings is 3. The molecule has 29 heavy (non-hydrogen) atoms. The highest BCUT2D eigenvalue weighted by atomic mass is 35.5. The Kier molecular flexibility index (Phi) is 4.30. The van der Waals surface area contributed by atoms with Gasteiger partial charge in [0, 0.05) is 5.69 Å². The molecule has 0 fully saturated rings. The third-order valence-corrected chi connectivity index (χ3v) is 6.41. The summed E-state index contributed by atoms with van der Waals surface area (Å²) in [5.74, 6) is 0.318. The smallest absolute Gasteiger partial charge is 0.197 e. The summed E-state index contributed by atoms with van der Waals surface area (Å²) in [5.41, 5.74) is 5.02. The van der Waals surface area contributed by atoms with Crippen molar-refractivity contribution in [3.8, 4) is 11.3 Å². The lowest BCUT2D eigenvalue weighted by Crippen LogP contribution is -2.01. The molecule has 0 aliphatic heterocycles. The van der Waals surface area contributed by atoms with Crippen LogP contribution in [0.25, 0.3) is 26.4 Å². The first-order chi connectivity index (χ1) is 14.0. The summed E-state index contributed by atoms with van der Waals surface area (Å²) in [6.07, 6.45) is 0. The highest BCUT2D eigenvalue weighted by molar-refractivity contribution is 7.23. The molecule has 144 valence electrons. The third-order valence-electron chi connectivity index (χ3n) is 5.08. The molecule has 1 N–H and O–H groups in total. The van der Waals surface area contributed by atoms with E-state index in [-0.39, 0.29) is 0 Å². The van der Waals surface area contributed by atoms with E-state index in [1.165, 1.54) is 6.07 Å². The first-order valence-corrected chi connectivity index (χ1v) is 10.4. The van der Waals surface area contributed by atoms with Crippen LogP contribution in [-0.4, -0.2) is 9.38 Å². The first-order valence-electron chi connectivity index (χ1n) is 9.22. The molecule has 3 aromatic carbocycles. The first kappa shape index (κ1) is 18.2. The Morgan fingerprint density at radius 1 is 0.966 bits per heavy atom. The highest BCUT2D eigenvalue weighted by Crippen LogP contribution is 2.41. The molecular formula is C23H17ClFN3S. The van der Waals surface area contributed by atoms with Crippen molar-refractivity contribution in [2.45, 2.75) is 13.8 Å². The monoisotopic (exact) mass is 421 g/mol. The summed E-state index contributed by atoms with van der Waals surface area (Å²) in [6, 6.07) is 18.9. The standard InChI is InChI=1S/C23H17ClFN3S/c1-13-7-5-8-14(2)20(13)26-22-21(19-15(24)9-6-10-16(19)25)27-23-28(22)17-11-3-4-12-18(17)29-23/h3-12,26H,1-2H3. The van der Waals surface area contributed by atoms with E-state index >= 15 is 0 Å². The van der Waals surface area contributed by atoms with Crippen LogP contribution in [0.5, 0.6) is 0 Å². The topological polar surface area (TPSA) is 29.3 Å². The maximum atomic E-state index is 14.8. The van der Waals surface area contributed by atoms with E-state index in [0.29, 0.717) is 22.1 Å². The van der Waals surface area contributed by atoms with E-state index in [9.17, 15) is 4.39 Å². The molecule has 5 rings (SSSR count). The van der Waals surface area contributed by atoms with Gasteiger partial charge < -0.3 is 5.32 Å². The van der Waals surface area contributed by atoms with Gasteiger partial charge in [-0.2, -0.15) is 0 Å². The molecule has 0 spiro atoms. The molecular weight excluding hydrogens is 405 g/mol. The normalized spacial score (nSPS) is 11.4. The van der Waals surface area contributed by atoms with Gasteiger partial charge in [-0.05, 0) is 49.2 Å². The molecule has 0 unspecified atom stereocenters. The van der Waals surface area contributed by atoms with Crippen LogP contribution in [0.15, 0.2) is 60.7 Å². The van der Waals surface area contributed by atoms with Gasteiger partial charge in [0.05, 0.1) is 20.8 Å². The van der Waals surface area contributed by atoms with Crippen molar-refractivity contribution in [2.24, 2.45) is 0 Å². The van der Waals surface area contributed by atoms with Crippen molar-refractivity contribution >= 4 is 49.6 Å². The van der Waals surface area contributed by atoms with Gasteiger partial charge in [-0.3, -0.25) is 4.40 Å². The van der Waals surface area contributed by atoms with E-state index in [4.69, 9.17) is 16.6 Å². The molecule has 0 atom stereocenters. The molecule has 0 aliphatic rings. The molecule has 6 heteroatoms. The van der Waals surface area contributed by atoms with E-state index in [0.717, 1.165) is 32.0 Å². The van der Waals surface area contributed by atoms with Crippen LogP contribution in [0, 0.1) is 19.7 Å². The number of hydrogen-bond acceptors (Lipinski definition) is 3. The lowest BCUT2D eigenvalue weighted by Gasteiger charge is -2.14. The van der Waals surface area contributed by atoms with E-state index < -0.39 is 5.82 Å². The van der Waals surface area contributed by atoms with Gasteiger partial charge in [0.1, 0.15) is 17.3 Å². The SMILES string of the molecule is Cc1cccc(C)c1Nc1c(-c2c(F)cccc2Cl)nc2sc3ccccc3n12. The average molecular weight is 422 g/mol. The number of imidazole rings is 1. The Morgan fingerprint density at radius 3 is 2.45 bits per heavy atom. The fraction of sp³-hybridized carbons (Fsp3) is 0.0870. The van der Waals surface area contributed by atoms with E-state index in [1.807, 2.05) is 28.7 Å². The summed E-state index contributed by atoms with van der Waals surface area (Å²) >= 11 is 7.97. The summed E-state index contributed by atoms with van der Waals surface area (Å²) in [4.78, 5) is 5.58. The van der Waals surface area contributed by atoms with Gasteiger partial charge in [-0.15, -0.1) is 0 Å². The molecule has 0 bridgehead atoms. The Labute approximate surface area is 176 Å². The van der Waals surface area contributed by atoms with Crippen LogP contribution < -0.4 is 5.32 Å². The average Bonchev–Trinajstić information content (AvgIpc) is 3.21. The predicted octanol–water partition coefficient (Wildman–Crippen LogP) is 7.37. The van der Waals surface area contributed by atoms with Crippen molar-refractivity contribution in [3.05, 3.63) is 82.6 Å². The molecule has 0 saturated heterocycles. The Hall–Kier alpha value is -2.89. The van der Waals surface area contributed by atoms with Crippen molar-refractivity contribution in [1.29, 1.82) is 0 Å². The number of nitrogens with one attached hydrogen (secondary N) is 1. The quantitative estimate of drug-likeness (QED) is 0.329. The second-order valence-electron chi connectivity index (χ2n) is 6.99. The number of rotatable bonds is 3. The number of thiazole rings is 1. The molecule has 2 heterocycles. The zero-order chi connectivity index (χ0) is 20.1. The zero-order valence-corrected chi connectivity index (χ0v) is 17.4. The summed E-state index contributed by atoms with van der Waals surface area (Å²) in [5, 5.41) is 3.88. The number of para-hydroxylation sites is 2. The van der Waals surface area contributed by atoms with Crippen LogP contribution >= 0.6 is 22.9 Å². The largest absolute Gasteiger partial charge is 0.339 e. The number of halogens is 2. The predicted molar refractivity (Wildman–Crippen MR) is 120 cm³/mol. The van der Waals surface area contributed by atoms with Gasteiger partial charge in [0.15, 0.2) is 4.96 Å². The highest BCUT2D eigenvalue weighted by Gasteiger charge is 2.23. The third kappa shape index (κ3) is 2.89. The van der Waals surface area contributed by atoms with E-state index in [1.54, 1.807) is 23.5 Å². The lowest BCUT2D eigenvalue weighted by atomic mass is 10.1. The molecule has 5 aromatic rings. The van der Waals surface area contributed by atoms with Crippen molar-refractivity contribution in [3.63, 3.8) is 0 Å². The second-order valence-corrected chi connectivity index (χ2v) is 8.40. The lowest BCUT2D eigenvalue weighted by molar-refractivity contribution is 0.631. The maximum absolute atomic E-state index is 14.8. The maximum Gasteiger partial charge on any atom is 0.197 e. The number of hydrogen-bond donors (Lipinski definition) is 1. The number of anilines is 2. The fourth-order valence-electron chi connectivity index (χ4n) is 3.66. The van der Waals surface area contributed by atoms with Gasteiger partial charge in [0.25, 0.3) is 0 Å². The molecule has 0 saturated carbocycles. The zero-order valence-electron chi connectivity index (χ0n) is 15.8. The minimum Gasteiger partial charge on any atom is -0.339 e. The van der Waals surface area contributed by atoms with Crippen molar-refractivity contribution in [1.82, 2.24) is 9.38 Å². The Balaban J connectivity index is 1.85. The number of aromatic nitrogens is 2. The summed E-state index contributed by atoms with van der Waals surface area (Å²) in [7, 11) is 0. The Bertz CT molecular complexity index is 1350. The second kappa shape index (κ2) is 6.87. The molecule has 0 amide bonds. The van der Waals surface area contributed by atoms with Crippen LogP contribution in [0.1, 0.15) is 11.1 Å². The van der Waals surface area contributed by atoms with Crippen LogP contribution in [0.4, 0.5) is 15.9 Å². The fourth-order valence-corrected chi connectivity index (χ4v) is 4.94. The van der Waals surface area contributed by atoms with Crippen molar-refractivity contribution < 1.29 is 4.39 Å². The minimum absolute atomic E-state index is 0.308. The van der Waals surface area contributed by atoms with Gasteiger partial charge in [-0.1, -0.05) is 59.3 Å². The summed E-state index contributed by atoms with van der Waals surface area (Å²) in [6.45, 7) is 4.10. The molecule has 3 nitrogen and oxygen atoms in total. The minimum atomic E-state index is -0.392. The molecule has 0 radical (unpaired) electrons. The molecule has 2 aromatic heterocycles. The van der Waals surface area contributed by atoms with Gasteiger partial charge in [-0.25, -0.2) is 9.37 Å². The van der Waals surface area contributed by atoms with Gasteiger partial charge >= 0.3 is 0 Å². The van der Waals surface area contributed by atoms with Crippen molar-refractivity contribution in [2.75, 3.05) is 5.32 Å². The van der Waals surface area contributed by atoms with Crippen LogP contribution in [0.3, 0.4) is 0 Å².